The van der Waals surface area contributed by atoms with Crippen LogP contribution in [0.5, 0.6) is 0 Å². The molecule has 0 fully saturated rings. The first-order valence-corrected chi connectivity index (χ1v) is 13.9. The predicted octanol–water partition coefficient (Wildman–Crippen LogP) is 6.02. The van der Waals surface area contributed by atoms with Crippen LogP contribution in [0, 0.1) is 13.8 Å². The summed E-state index contributed by atoms with van der Waals surface area (Å²) in [4.78, 5) is 42.8. The molecule has 0 aliphatic rings. The average Bonchev–Trinajstić information content (AvgIpc) is 2.82. The fraction of sp³-hybridized carbons (Fsp3) is 0.531. The third-order valence-corrected chi connectivity index (χ3v) is 6.41. The molecule has 0 radical (unpaired) electrons. The van der Waals surface area contributed by atoms with Gasteiger partial charge in [-0.1, -0.05) is 61.9 Å². The summed E-state index contributed by atoms with van der Waals surface area (Å²) >= 11 is 0. The molecule has 0 spiro atoms. The summed E-state index contributed by atoms with van der Waals surface area (Å²) in [6, 6.07) is 13.5. The molecule has 2 aromatic carbocycles. The minimum absolute atomic E-state index is 0.245. The van der Waals surface area contributed by atoms with Gasteiger partial charge in [-0.25, -0.2) is 4.79 Å². The summed E-state index contributed by atoms with van der Waals surface area (Å²) in [6.45, 7) is 17.7. The molecule has 0 aliphatic carbocycles. The van der Waals surface area contributed by atoms with Crippen LogP contribution in [-0.2, 0) is 20.7 Å². The molecule has 2 rings (SSSR count). The lowest BCUT2D eigenvalue weighted by atomic mass is 9.92. The van der Waals surface area contributed by atoms with Crippen molar-refractivity contribution in [1.82, 2.24) is 15.5 Å². The van der Waals surface area contributed by atoms with Crippen LogP contribution in [0.4, 0.5) is 4.79 Å². The van der Waals surface area contributed by atoms with Gasteiger partial charge in [0.2, 0.25) is 11.8 Å². The number of hydrogen-bond acceptors (Lipinski definition) is 4. The van der Waals surface area contributed by atoms with Crippen molar-refractivity contribution in [3.05, 3.63) is 70.8 Å². The number of rotatable bonds is 10. The van der Waals surface area contributed by atoms with E-state index in [1.165, 1.54) is 0 Å². The number of benzene rings is 2. The summed E-state index contributed by atoms with van der Waals surface area (Å²) in [6.07, 6.45) is 1.35. The molecule has 0 heterocycles. The third kappa shape index (κ3) is 9.72. The molecule has 2 atom stereocenters. The quantitative estimate of drug-likeness (QED) is 0.363. The number of unbranched alkanes of at least 4 members (excludes halogenated alkanes) is 1. The van der Waals surface area contributed by atoms with E-state index in [9.17, 15) is 14.4 Å². The number of hydrogen-bond donors (Lipinski definition) is 2. The molecule has 3 amide bonds. The lowest BCUT2D eigenvalue weighted by Crippen LogP contribution is -2.59. The van der Waals surface area contributed by atoms with Crippen molar-refractivity contribution in [3.8, 4) is 0 Å². The fourth-order valence-electron chi connectivity index (χ4n) is 4.35. The maximum absolute atomic E-state index is 14.5. The summed E-state index contributed by atoms with van der Waals surface area (Å²) < 4.78 is 5.51. The molecule has 0 bridgehead atoms. The highest BCUT2D eigenvalue weighted by Crippen LogP contribution is 2.31. The van der Waals surface area contributed by atoms with Gasteiger partial charge in [0.15, 0.2) is 0 Å². The van der Waals surface area contributed by atoms with Crippen LogP contribution < -0.4 is 10.6 Å². The SMILES string of the molecule is CCCCNC(=O)C(c1ccc(C)c(C)c1)N(C(=O)C(Cc1ccccc1)NC(=O)OC(C)(C)C)C(C)(C)C. The van der Waals surface area contributed by atoms with Crippen molar-refractivity contribution < 1.29 is 19.1 Å². The average molecular weight is 538 g/mol. The number of carbonyl (C=O) groups excluding carboxylic acids is 3. The summed E-state index contributed by atoms with van der Waals surface area (Å²) in [5, 5.41) is 5.85. The predicted molar refractivity (Wildman–Crippen MR) is 156 cm³/mol. The van der Waals surface area contributed by atoms with Gasteiger partial charge in [-0.3, -0.25) is 9.59 Å². The fourth-order valence-corrected chi connectivity index (χ4v) is 4.35. The Kier molecular flexibility index (Phi) is 11.1. The summed E-state index contributed by atoms with van der Waals surface area (Å²) in [5.41, 5.74) is 2.28. The lowest BCUT2D eigenvalue weighted by Gasteiger charge is -2.43. The highest BCUT2D eigenvalue weighted by Gasteiger charge is 2.42. The monoisotopic (exact) mass is 537 g/mol. The molecule has 0 saturated heterocycles. The normalized spacial score (nSPS) is 13.3. The smallest absolute Gasteiger partial charge is 0.408 e. The van der Waals surface area contributed by atoms with Gasteiger partial charge in [0, 0.05) is 18.5 Å². The van der Waals surface area contributed by atoms with Gasteiger partial charge >= 0.3 is 6.09 Å². The second kappa shape index (κ2) is 13.6. The second-order valence-corrected chi connectivity index (χ2v) is 12.2. The molecule has 0 aliphatic heterocycles. The second-order valence-electron chi connectivity index (χ2n) is 12.2. The zero-order valence-electron chi connectivity index (χ0n) is 25.2. The Bertz CT molecular complexity index is 1120. The van der Waals surface area contributed by atoms with Crippen molar-refractivity contribution in [1.29, 1.82) is 0 Å². The molecule has 0 saturated carbocycles. The first-order chi connectivity index (χ1) is 18.1. The van der Waals surface area contributed by atoms with Gasteiger partial charge in [0.05, 0.1) is 0 Å². The van der Waals surface area contributed by atoms with Crippen LogP contribution in [0.3, 0.4) is 0 Å². The van der Waals surface area contributed by atoms with Gasteiger partial charge in [0.25, 0.3) is 0 Å². The Hall–Kier alpha value is -3.35. The van der Waals surface area contributed by atoms with E-state index in [-0.39, 0.29) is 18.2 Å². The standard InChI is InChI=1S/C32H47N3O4/c1-10-11-19-33-28(36)27(25-18-17-22(2)23(3)20-25)35(31(4,5)6)29(37)26(21-24-15-13-12-14-16-24)34-30(38)39-32(7,8)9/h12-18,20,26-27H,10-11,19,21H2,1-9H3,(H,33,36)(H,34,38). The molecular weight excluding hydrogens is 490 g/mol. The zero-order valence-corrected chi connectivity index (χ0v) is 25.2. The number of alkyl carbamates (subject to hydrolysis) is 1. The van der Waals surface area contributed by atoms with Crippen LogP contribution in [0.25, 0.3) is 0 Å². The van der Waals surface area contributed by atoms with Crippen LogP contribution in [0.1, 0.15) is 89.6 Å². The number of nitrogens with zero attached hydrogens (tertiary/aromatic N) is 1. The van der Waals surface area contributed by atoms with Crippen molar-refractivity contribution >= 4 is 17.9 Å². The Morgan fingerprint density at radius 3 is 2.10 bits per heavy atom. The summed E-state index contributed by atoms with van der Waals surface area (Å²) in [5.74, 6) is -0.600. The van der Waals surface area contributed by atoms with Crippen LogP contribution in [0.15, 0.2) is 48.5 Å². The van der Waals surface area contributed by atoms with E-state index in [1.807, 2.05) is 83.1 Å². The van der Waals surface area contributed by atoms with Gasteiger partial charge in [-0.05, 0) is 84.1 Å². The summed E-state index contributed by atoms with van der Waals surface area (Å²) in [7, 11) is 0. The zero-order chi connectivity index (χ0) is 29.4. The Morgan fingerprint density at radius 2 is 1.56 bits per heavy atom. The van der Waals surface area contributed by atoms with E-state index in [0.717, 1.165) is 35.1 Å². The van der Waals surface area contributed by atoms with Crippen molar-refractivity contribution in [3.63, 3.8) is 0 Å². The van der Waals surface area contributed by atoms with Crippen molar-refractivity contribution in [2.75, 3.05) is 6.54 Å². The van der Waals surface area contributed by atoms with Crippen LogP contribution in [-0.4, -0.2) is 46.5 Å². The van der Waals surface area contributed by atoms with Crippen LogP contribution in [0.2, 0.25) is 0 Å². The number of carbonyl (C=O) groups is 3. The third-order valence-electron chi connectivity index (χ3n) is 6.41. The van der Waals surface area contributed by atoms with Gasteiger partial charge < -0.3 is 20.3 Å². The molecule has 2 unspecified atom stereocenters. The van der Waals surface area contributed by atoms with E-state index >= 15 is 0 Å². The number of aryl methyl sites for hydroxylation is 2. The number of amides is 3. The number of ether oxygens (including phenoxy) is 1. The Labute approximate surface area is 234 Å². The maximum atomic E-state index is 14.5. The van der Waals surface area contributed by atoms with Gasteiger partial charge in [-0.15, -0.1) is 0 Å². The molecular formula is C32H47N3O4. The highest BCUT2D eigenvalue weighted by atomic mass is 16.6. The Balaban J connectivity index is 2.60. The van der Waals surface area contributed by atoms with Crippen molar-refractivity contribution in [2.45, 2.75) is 105 Å². The molecule has 2 N–H and O–H groups in total. The largest absolute Gasteiger partial charge is 0.444 e. The molecule has 0 aromatic heterocycles. The molecule has 39 heavy (non-hydrogen) atoms. The van der Waals surface area contributed by atoms with Gasteiger partial charge in [-0.2, -0.15) is 0 Å². The highest BCUT2D eigenvalue weighted by molar-refractivity contribution is 5.93. The maximum Gasteiger partial charge on any atom is 0.408 e. The van der Waals surface area contributed by atoms with E-state index < -0.39 is 29.3 Å². The minimum Gasteiger partial charge on any atom is -0.444 e. The topological polar surface area (TPSA) is 87.7 Å². The first kappa shape index (κ1) is 31.9. The first-order valence-electron chi connectivity index (χ1n) is 13.9. The molecule has 7 heteroatoms. The minimum atomic E-state index is -0.945. The van der Waals surface area contributed by atoms with Gasteiger partial charge in [0.1, 0.15) is 17.7 Å². The van der Waals surface area contributed by atoms with Crippen LogP contribution >= 0.6 is 0 Å². The van der Waals surface area contributed by atoms with E-state index in [1.54, 1.807) is 25.7 Å². The van der Waals surface area contributed by atoms with E-state index in [4.69, 9.17) is 4.74 Å². The lowest BCUT2D eigenvalue weighted by molar-refractivity contribution is -0.148. The molecule has 2 aromatic rings. The molecule has 214 valence electrons. The van der Waals surface area contributed by atoms with E-state index in [0.29, 0.717) is 6.54 Å². The molecule has 7 nitrogen and oxygen atoms in total. The van der Waals surface area contributed by atoms with Crippen molar-refractivity contribution in [2.24, 2.45) is 0 Å². The number of nitrogens with one attached hydrogen (secondary N) is 2. The Morgan fingerprint density at radius 1 is 0.923 bits per heavy atom. The van der Waals surface area contributed by atoms with E-state index in [2.05, 4.69) is 17.6 Å².